The summed E-state index contributed by atoms with van der Waals surface area (Å²) in [6.07, 6.45) is -5.30. The van der Waals surface area contributed by atoms with E-state index in [4.69, 9.17) is 23.2 Å². The maximum absolute atomic E-state index is 14.2. The molecule has 3 aromatic rings. The molecular weight excluding hydrogens is 478 g/mol. The number of fused-ring (bicyclic) bond motifs is 1. The molecule has 0 aliphatic rings. The number of aromatic nitrogens is 1. The van der Waals surface area contributed by atoms with Crippen LogP contribution in [0.25, 0.3) is 10.2 Å². The highest BCUT2D eigenvalue weighted by Crippen LogP contribution is 2.36. The second-order valence-corrected chi connectivity index (χ2v) is 8.31. The molecule has 1 amide bonds. The summed E-state index contributed by atoms with van der Waals surface area (Å²) in [4.78, 5) is 29.1. The monoisotopic (exact) mass is 491 g/mol. The van der Waals surface area contributed by atoms with Crippen LogP contribution in [0.2, 0.25) is 10.0 Å². The second-order valence-electron chi connectivity index (χ2n) is 6.43. The molecule has 1 atom stereocenters. The van der Waals surface area contributed by atoms with Crippen LogP contribution in [0.4, 0.5) is 18.3 Å². The summed E-state index contributed by atoms with van der Waals surface area (Å²) in [5.74, 6) is -3.05. The zero-order chi connectivity index (χ0) is 23.0. The smallest absolute Gasteiger partial charge is 0.442 e. The van der Waals surface area contributed by atoms with Crippen molar-refractivity contribution >= 4 is 61.8 Å². The minimum atomic E-state index is -5.30. The summed E-state index contributed by atoms with van der Waals surface area (Å²) < 4.78 is 47.6. The predicted molar refractivity (Wildman–Crippen MR) is 113 cm³/mol. The van der Waals surface area contributed by atoms with E-state index in [0.29, 0.717) is 10.2 Å². The van der Waals surface area contributed by atoms with Crippen LogP contribution in [0, 0.1) is 6.92 Å². The lowest BCUT2D eigenvalue weighted by molar-refractivity contribution is -0.203. The molecule has 0 bridgehead atoms. The van der Waals surface area contributed by atoms with E-state index in [1.165, 1.54) is 12.1 Å². The van der Waals surface area contributed by atoms with Crippen molar-refractivity contribution in [3.8, 4) is 0 Å². The molecule has 0 saturated heterocycles. The molecule has 1 aromatic heterocycles. The summed E-state index contributed by atoms with van der Waals surface area (Å²) >= 11 is 12.6. The Balaban J connectivity index is 2.07. The molecule has 0 fully saturated rings. The van der Waals surface area contributed by atoms with E-state index >= 15 is 0 Å². The Morgan fingerprint density at radius 3 is 2.45 bits per heavy atom. The van der Waals surface area contributed by atoms with Crippen LogP contribution >= 0.6 is 34.5 Å². The number of hydrogen-bond acceptors (Lipinski definition) is 6. The van der Waals surface area contributed by atoms with Gasteiger partial charge in [-0.1, -0.05) is 40.6 Å². The lowest BCUT2D eigenvalue weighted by Gasteiger charge is -2.34. The van der Waals surface area contributed by atoms with Gasteiger partial charge in [-0.25, -0.2) is 9.78 Å². The third-order valence-electron chi connectivity index (χ3n) is 4.23. The van der Waals surface area contributed by atoms with Crippen molar-refractivity contribution in [2.24, 2.45) is 0 Å². The van der Waals surface area contributed by atoms with Gasteiger partial charge in [0, 0.05) is 5.02 Å². The molecule has 1 heterocycles. The minimum absolute atomic E-state index is 0.180. The van der Waals surface area contributed by atoms with Crippen LogP contribution in [0.15, 0.2) is 36.4 Å². The molecule has 6 nitrogen and oxygen atoms in total. The number of carbonyl (C=O) groups is 2. The Morgan fingerprint density at radius 1 is 1.13 bits per heavy atom. The first-order chi connectivity index (χ1) is 14.5. The Hall–Kier alpha value is -2.56. The summed E-state index contributed by atoms with van der Waals surface area (Å²) in [6, 6.07) is 8.71. The van der Waals surface area contributed by atoms with Crippen LogP contribution in [-0.4, -0.2) is 35.8 Å². The van der Waals surface area contributed by atoms with Gasteiger partial charge in [0.25, 0.3) is 5.91 Å². The topological polar surface area (TPSA) is 80.3 Å². The molecule has 3 rings (SSSR count). The number of carbonyl (C=O) groups excluding carboxylic acids is 2. The van der Waals surface area contributed by atoms with Crippen LogP contribution < -0.4 is 10.6 Å². The lowest BCUT2D eigenvalue weighted by atomic mass is 10.1. The third kappa shape index (κ3) is 4.56. The summed E-state index contributed by atoms with van der Waals surface area (Å²) in [5.41, 5.74) is -2.63. The zero-order valence-electron chi connectivity index (χ0n) is 15.9. The average molecular weight is 492 g/mol. The van der Waals surface area contributed by atoms with Gasteiger partial charge in [-0.15, -0.1) is 0 Å². The molecule has 2 N–H and O–H groups in total. The molecule has 0 spiro atoms. The number of methoxy groups -OCH3 is 1. The summed E-state index contributed by atoms with van der Waals surface area (Å²) in [5, 5.41) is 3.46. The number of thiazole rings is 1. The van der Waals surface area contributed by atoms with Gasteiger partial charge in [0.05, 0.1) is 27.9 Å². The molecule has 0 aliphatic heterocycles. The van der Waals surface area contributed by atoms with E-state index in [1.54, 1.807) is 23.5 Å². The van der Waals surface area contributed by atoms with Gasteiger partial charge in [-0.2, -0.15) is 13.2 Å². The standard InChI is InChI=1S/C19H14Cl2F3N3O3S/c1-9-3-6-13-14(7-9)31-17(25-13)27-18(16(29)30-2,19(22,23)24)26-15(28)11-5-4-10(20)8-12(11)21/h3-8H,1-2H3,(H,25,27)(H,26,28)/t18-/m1/s1. The number of aryl methyl sites for hydroxylation is 1. The molecule has 0 unspecified atom stereocenters. The lowest BCUT2D eigenvalue weighted by Crippen LogP contribution is -2.69. The van der Waals surface area contributed by atoms with Crippen molar-refractivity contribution in [3.63, 3.8) is 0 Å². The summed E-state index contributed by atoms with van der Waals surface area (Å²) in [7, 11) is 0.771. The quantitative estimate of drug-likeness (QED) is 0.379. The highest BCUT2D eigenvalue weighted by atomic mass is 35.5. The Kier molecular flexibility index (Phi) is 6.35. The van der Waals surface area contributed by atoms with Crippen molar-refractivity contribution in [2.75, 3.05) is 12.4 Å². The predicted octanol–water partition coefficient (Wildman–Crippen LogP) is 5.19. The Bertz CT molecular complexity index is 1170. The van der Waals surface area contributed by atoms with Crippen molar-refractivity contribution in [2.45, 2.75) is 18.8 Å². The minimum Gasteiger partial charge on any atom is -0.466 e. The SMILES string of the molecule is COC(=O)[C@@](NC(=O)c1ccc(Cl)cc1Cl)(Nc1nc2ccc(C)cc2s1)C(F)(F)F. The average Bonchev–Trinajstić information content (AvgIpc) is 3.06. The van der Waals surface area contributed by atoms with Crippen molar-refractivity contribution in [3.05, 3.63) is 57.6 Å². The van der Waals surface area contributed by atoms with Crippen LogP contribution in [-0.2, 0) is 9.53 Å². The highest BCUT2D eigenvalue weighted by molar-refractivity contribution is 7.22. The first kappa shape index (κ1) is 23.1. The molecule has 12 heteroatoms. The number of nitrogens with zero attached hydrogens (tertiary/aromatic N) is 1. The Morgan fingerprint density at radius 2 is 1.84 bits per heavy atom. The highest BCUT2D eigenvalue weighted by Gasteiger charge is 2.64. The van der Waals surface area contributed by atoms with Gasteiger partial charge < -0.3 is 15.4 Å². The molecule has 0 aliphatic carbocycles. The largest absolute Gasteiger partial charge is 0.466 e. The van der Waals surface area contributed by atoms with Crippen LogP contribution in [0.3, 0.4) is 0 Å². The second kappa shape index (κ2) is 8.52. The molecule has 2 aromatic carbocycles. The molecule has 31 heavy (non-hydrogen) atoms. The van der Waals surface area contributed by atoms with E-state index in [1.807, 2.05) is 12.2 Å². The van der Waals surface area contributed by atoms with Crippen LogP contribution in [0.5, 0.6) is 0 Å². The normalized spacial score (nSPS) is 13.5. The van der Waals surface area contributed by atoms with Gasteiger partial charge in [0.1, 0.15) is 0 Å². The van der Waals surface area contributed by atoms with Crippen LogP contribution in [0.1, 0.15) is 15.9 Å². The maximum atomic E-state index is 14.2. The van der Waals surface area contributed by atoms with Gasteiger partial charge in [-0.05, 0) is 42.8 Å². The first-order valence-electron chi connectivity index (χ1n) is 8.55. The number of hydrogen-bond donors (Lipinski definition) is 2. The number of amides is 1. The summed E-state index contributed by atoms with van der Waals surface area (Å²) in [6.45, 7) is 1.82. The molecular formula is C19H14Cl2F3N3O3S. The van der Waals surface area contributed by atoms with Gasteiger partial charge >= 0.3 is 17.8 Å². The molecule has 0 radical (unpaired) electrons. The van der Waals surface area contributed by atoms with E-state index < -0.39 is 23.7 Å². The van der Waals surface area contributed by atoms with Gasteiger partial charge in [-0.3, -0.25) is 4.79 Å². The van der Waals surface area contributed by atoms with Crippen molar-refractivity contribution in [1.29, 1.82) is 0 Å². The van der Waals surface area contributed by atoms with Crippen molar-refractivity contribution < 1.29 is 27.5 Å². The number of anilines is 1. The number of esters is 1. The fourth-order valence-electron chi connectivity index (χ4n) is 2.70. The third-order valence-corrected chi connectivity index (χ3v) is 5.71. The van der Waals surface area contributed by atoms with E-state index in [9.17, 15) is 22.8 Å². The van der Waals surface area contributed by atoms with E-state index in [0.717, 1.165) is 30.1 Å². The molecule has 0 saturated carbocycles. The fraction of sp³-hybridized carbons (Fsp3) is 0.211. The number of ether oxygens (including phenoxy) is 1. The number of benzene rings is 2. The van der Waals surface area contributed by atoms with Crippen molar-refractivity contribution in [1.82, 2.24) is 10.3 Å². The number of rotatable bonds is 5. The van der Waals surface area contributed by atoms with Gasteiger partial charge in [0.2, 0.25) is 0 Å². The zero-order valence-corrected chi connectivity index (χ0v) is 18.3. The maximum Gasteiger partial charge on any atom is 0.442 e. The van der Waals surface area contributed by atoms with E-state index in [2.05, 4.69) is 9.72 Å². The number of halogens is 5. The number of alkyl halides is 3. The van der Waals surface area contributed by atoms with Gasteiger partial charge in [0.15, 0.2) is 5.13 Å². The molecule has 164 valence electrons. The number of nitrogens with one attached hydrogen (secondary N) is 2. The first-order valence-corrected chi connectivity index (χ1v) is 10.1. The fourth-order valence-corrected chi connectivity index (χ4v) is 4.21. The van der Waals surface area contributed by atoms with E-state index in [-0.39, 0.29) is 20.7 Å². The Labute approximate surface area is 188 Å².